The Morgan fingerprint density at radius 1 is 1.25 bits per heavy atom. The lowest BCUT2D eigenvalue weighted by atomic mass is 9.99. The third-order valence-electron chi connectivity index (χ3n) is 3.26. The molecule has 0 aromatic heterocycles. The summed E-state index contributed by atoms with van der Waals surface area (Å²) in [6.45, 7) is 0. The van der Waals surface area contributed by atoms with Crippen molar-refractivity contribution in [2.24, 2.45) is 10.2 Å². The van der Waals surface area contributed by atoms with Crippen LogP contribution in [0, 0.1) is 10.1 Å². The summed E-state index contributed by atoms with van der Waals surface area (Å²) in [5.74, 6) is 0. The number of likely N-dealkylation sites (N-methyl/N-ethyl adjacent to an activating group) is 1. The minimum Gasteiger partial charge on any atom is -0.262 e. The van der Waals surface area contributed by atoms with Crippen LogP contribution in [-0.2, 0) is 0 Å². The molecule has 1 aromatic carbocycles. The van der Waals surface area contributed by atoms with E-state index in [0.717, 1.165) is 5.69 Å². The summed E-state index contributed by atoms with van der Waals surface area (Å²) in [4.78, 5) is 12.5. The van der Waals surface area contributed by atoms with Crippen molar-refractivity contribution >= 4 is 5.69 Å². The third-order valence-corrected chi connectivity index (χ3v) is 3.26. The van der Waals surface area contributed by atoms with Gasteiger partial charge >= 0.3 is 0 Å². The number of nitro groups is 1. The highest BCUT2D eigenvalue weighted by atomic mass is 16.6. The lowest BCUT2D eigenvalue weighted by Gasteiger charge is -2.29. The Labute approximate surface area is 117 Å². The maximum atomic E-state index is 11.2. The molecule has 6 nitrogen and oxygen atoms in total. The molecule has 1 aromatic rings. The van der Waals surface area contributed by atoms with Gasteiger partial charge in [0.2, 0.25) is 0 Å². The van der Waals surface area contributed by atoms with Gasteiger partial charge in [0.1, 0.15) is 0 Å². The van der Waals surface area contributed by atoms with Crippen molar-refractivity contribution in [1.82, 2.24) is 4.90 Å². The fourth-order valence-electron chi connectivity index (χ4n) is 1.92. The Balaban J connectivity index is 2.13. The monoisotopic (exact) mass is 272 g/mol. The van der Waals surface area contributed by atoms with E-state index in [4.69, 9.17) is 0 Å². The molecule has 0 heterocycles. The second kappa shape index (κ2) is 5.75. The van der Waals surface area contributed by atoms with Gasteiger partial charge in [-0.3, -0.25) is 10.1 Å². The topological polar surface area (TPSA) is 71.1 Å². The van der Waals surface area contributed by atoms with Crippen molar-refractivity contribution in [1.29, 1.82) is 0 Å². The van der Waals surface area contributed by atoms with Crippen molar-refractivity contribution < 1.29 is 4.92 Å². The van der Waals surface area contributed by atoms with Gasteiger partial charge < -0.3 is 0 Å². The van der Waals surface area contributed by atoms with Crippen LogP contribution in [-0.4, -0.2) is 29.6 Å². The van der Waals surface area contributed by atoms with Crippen LogP contribution in [0.3, 0.4) is 0 Å². The second-order valence-electron chi connectivity index (χ2n) is 4.73. The van der Waals surface area contributed by atoms with E-state index in [9.17, 15) is 10.1 Å². The number of azo groups is 1. The SMILES string of the molecule is CN(C)C1([N+](=O)[O-])C=CC(N=Nc2ccccc2)=CC1. The molecule has 1 unspecified atom stereocenters. The van der Waals surface area contributed by atoms with E-state index in [2.05, 4.69) is 10.2 Å². The van der Waals surface area contributed by atoms with Gasteiger partial charge in [-0.25, -0.2) is 4.90 Å². The van der Waals surface area contributed by atoms with Gasteiger partial charge in [0, 0.05) is 11.0 Å². The van der Waals surface area contributed by atoms with Gasteiger partial charge in [-0.15, -0.1) is 0 Å². The third kappa shape index (κ3) is 2.80. The molecule has 0 bridgehead atoms. The molecule has 0 spiro atoms. The van der Waals surface area contributed by atoms with E-state index < -0.39 is 5.66 Å². The molecule has 104 valence electrons. The molecule has 1 atom stereocenters. The Morgan fingerprint density at radius 3 is 2.45 bits per heavy atom. The molecule has 0 N–H and O–H groups in total. The molecule has 20 heavy (non-hydrogen) atoms. The summed E-state index contributed by atoms with van der Waals surface area (Å²) < 4.78 is 0. The number of hydrogen-bond donors (Lipinski definition) is 0. The first kappa shape index (κ1) is 14.1. The standard InChI is InChI=1S/C14H16N4O2/c1-17(2)14(18(19)20)10-8-13(9-11-14)16-15-12-6-4-3-5-7-12/h3-10H,11H2,1-2H3. The number of rotatable bonds is 4. The van der Waals surface area contributed by atoms with Crippen molar-refractivity contribution in [2.45, 2.75) is 12.1 Å². The summed E-state index contributed by atoms with van der Waals surface area (Å²) in [5.41, 5.74) is 0.194. The fourth-order valence-corrected chi connectivity index (χ4v) is 1.92. The van der Waals surface area contributed by atoms with E-state index >= 15 is 0 Å². The molecule has 0 fully saturated rings. The van der Waals surface area contributed by atoms with Gasteiger partial charge in [-0.1, -0.05) is 18.2 Å². The van der Waals surface area contributed by atoms with E-state index in [-0.39, 0.29) is 11.3 Å². The Kier molecular flexibility index (Phi) is 4.05. The number of benzene rings is 1. The minimum absolute atomic E-state index is 0.270. The molecule has 0 saturated heterocycles. The molecule has 1 aliphatic carbocycles. The second-order valence-corrected chi connectivity index (χ2v) is 4.73. The Morgan fingerprint density at radius 2 is 1.95 bits per heavy atom. The highest BCUT2D eigenvalue weighted by molar-refractivity contribution is 5.35. The van der Waals surface area contributed by atoms with Crippen LogP contribution in [0.2, 0.25) is 0 Å². The van der Waals surface area contributed by atoms with E-state index in [1.807, 2.05) is 30.3 Å². The molecule has 0 aliphatic heterocycles. The summed E-state index contributed by atoms with van der Waals surface area (Å²) in [6.07, 6.45) is 5.20. The molecule has 1 aliphatic rings. The van der Waals surface area contributed by atoms with E-state index in [1.165, 1.54) is 0 Å². The van der Waals surface area contributed by atoms with Crippen molar-refractivity contribution in [3.63, 3.8) is 0 Å². The zero-order chi connectivity index (χ0) is 14.6. The van der Waals surface area contributed by atoms with Crippen LogP contribution >= 0.6 is 0 Å². The first-order valence-corrected chi connectivity index (χ1v) is 6.23. The first-order valence-electron chi connectivity index (χ1n) is 6.23. The van der Waals surface area contributed by atoms with Crippen LogP contribution in [0.4, 0.5) is 5.69 Å². The van der Waals surface area contributed by atoms with Crippen LogP contribution in [0.15, 0.2) is 64.5 Å². The smallest absolute Gasteiger partial charge is 0.262 e. The van der Waals surface area contributed by atoms with Gasteiger partial charge in [-0.05, 0) is 38.4 Å². The highest BCUT2D eigenvalue weighted by Crippen LogP contribution is 2.27. The van der Waals surface area contributed by atoms with Gasteiger partial charge in [0.15, 0.2) is 0 Å². The number of allylic oxidation sites excluding steroid dienone is 1. The average molecular weight is 272 g/mol. The van der Waals surface area contributed by atoms with Crippen molar-refractivity contribution in [3.8, 4) is 0 Å². The molecule has 0 amide bonds. The largest absolute Gasteiger partial charge is 0.299 e. The summed E-state index contributed by atoms with van der Waals surface area (Å²) in [7, 11) is 3.38. The normalized spacial score (nSPS) is 22.2. The molecular weight excluding hydrogens is 256 g/mol. The van der Waals surface area contributed by atoms with E-state index in [0.29, 0.717) is 5.70 Å². The van der Waals surface area contributed by atoms with Crippen LogP contribution in [0.5, 0.6) is 0 Å². The summed E-state index contributed by atoms with van der Waals surface area (Å²) in [6, 6.07) is 9.35. The van der Waals surface area contributed by atoms with Crippen LogP contribution in [0.1, 0.15) is 6.42 Å². The summed E-state index contributed by atoms with van der Waals surface area (Å²) >= 11 is 0. The zero-order valence-electron chi connectivity index (χ0n) is 11.4. The lowest BCUT2D eigenvalue weighted by Crippen LogP contribution is -2.49. The molecule has 6 heteroatoms. The number of hydrogen-bond acceptors (Lipinski definition) is 5. The summed E-state index contributed by atoms with van der Waals surface area (Å²) in [5, 5.41) is 19.4. The van der Waals surface area contributed by atoms with Crippen molar-refractivity contribution in [3.05, 3.63) is 64.4 Å². The predicted octanol–water partition coefficient (Wildman–Crippen LogP) is 3.15. The Hall–Kier alpha value is -2.34. The van der Waals surface area contributed by atoms with Gasteiger partial charge in [0.05, 0.1) is 17.8 Å². The minimum atomic E-state index is -1.19. The number of nitrogens with zero attached hydrogens (tertiary/aromatic N) is 4. The maximum absolute atomic E-state index is 11.2. The van der Waals surface area contributed by atoms with Crippen molar-refractivity contribution in [2.75, 3.05) is 14.1 Å². The average Bonchev–Trinajstić information content (AvgIpc) is 2.46. The zero-order valence-corrected chi connectivity index (χ0v) is 11.4. The van der Waals surface area contributed by atoms with Gasteiger partial charge in [-0.2, -0.15) is 10.2 Å². The Bertz CT molecular complexity index is 578. The molecular formula is C14H16N4O2. The van der Waals surface area contributed by atoms with Gasteiger partial charge in [0.25, 0.3) is 5.66 Å². The predicted molar refractivity (Wildman–Crippen MR) is 76.2 cm³/mol. The quantitative estimate of drug-likeness (QED) is 0.366. The fraction of sp³-hybridized carbons (Fsp3) is 0.286. The van der Waals surface area contributed by atoms with E-state index in [1.54, 1.807) is 37.2 Å². The first-order chi connectivity index (χ1) is 9.54. The highest BCUT2D eigenvalue weighted by Gasteiger charge is 2.43. The lowest BCUT2D eigenvalue weighted by molar-refractivity contribution is -0.582. The maximum Gasteiger partial charge on any atom is 0.299 e. The van der Waals surface area contributed by atoms with Crippen LogP contribution < -0.4 is 0 Å². The molecule has 2 rings (SSSR count). The molecule has 0 radical (unpaired) electrons. The van der Waals surface area contributed by atoms with Crippen LogP contribution in [0.25, 0.3) is 0 Å². The molecule has 0 saturated carbocycles.